The highest BCUT2D eigenvalue weighted by Gasteiger charge is 2.11. The molecule has 0 aliphatic carbocycles. The summed E-state index contributed by atoms with van der Waals surface area (Å²) in [5, 5.41) is 16.3. The summed E-state index contributed by atoms with van der Waals surface area (Å²) in [6.07, 6.45) is 0.621. The zero-order valence-corrected chi connectivity index (χ0v) is 16.5. The van der Waals surface area contributed by atoms with Crippen LogP contribution in [0.1, 0.15) is 18.9 Å². The van der Waals surface area contributed by atoms with Crippen molar-refractivity contribution >= 4 is 11.6 Å². The molecule has 9 heteroatoms. The van der Waals surface area contributed by atoms with E-state index in [0.717, 1.165) is 11.1 Å². The molecule has 29 heavy (non-hydrogen) atoms. The molecule has 1 N–H and O–H groups in total. The van der Waals surface area contributed by atoms with Gasteiger partial charge in [0, 0.05) is 11.1 Å². The fraction of sp³-hybridized carbons (Fsp3) is 0.250. The largest absolute Gasteiger partial charge is 0.493 e. The minimum absolute atomic E-state index is 0.0910. The molecule has 0 saturated carbocycles. The lowest BCUT2D eigenvalue weighted by Gasteiger charge is -2.10. The molecule has 0 bridgehead atoms. The number of methoxy groups -OCH3 is 2. The van der Waals surface area contributed by atoms with Gasteiger partial charge in [-0.05, 0) is 29.8 Å². The Balaban J connectivity index is 1.67. The van der Waals surface area contributed by atoms with E-state index in [1.807, 2.05) is 49.4 Å². The summed E-state index contributed by atoms with van der Waals surface area (Å²) in [7, 11) is 3.15. The van der Waals surface area contributed by atoms with Crippen molar-refractivity contribution in [2.45, 2.75) is 19.9 Å². The van der Waals surface area contributed by atoms with E-state index in [9.17, 15) is 4.79 Å². The Bertz CT molecular complexity index is 1000. The smallest absolute Gasteiger partial charge is 0.263 e. The molecule has 1 heterocycles. The van der Waals surface area contributed by atoms with Gasteiger partial charge in [-0.1, -0.05) is 37.3 Å². The second-order valence-electron chi connectivity index (χ2n) is 6.03. The fourth-order valence-corrected chi connectivity index (χ4v) is 2.67. The number of nitrogens with zero attached hydrogens (tertiary/aromatic N) is 5. The van der Waals surface area contributed by atoms with Crippen LogP contribution >= 0.6 is 0 Å². The Morgan fingerprint density at radius 2 is 1.86 bits per heavy atom. The van der Waals surface area contributed by atoms with Crippen molar-refractivity contribution in [3.8, 4) is 22.9 Å². The first-order valence-corrected chi connectivity index (χ1v) is 9.05. The van der Waals surface area contributed by atoms with E-state index in [1.54, 1.807) is 20.3 Å². The minimum atomic E-state index is -0.353. The first-order chi connectivity index (χ1) is 14.1. The van der Waals surface area contributed by atoms with Crippen LogP contribution in [-0.2, 0) is 11.3 Å². The topological polar surface area (TPSA) is 104 Å². The highest BCUT2D eigenvalue weighted by molar-refractivity contribution is 6.01. The van der Waals surface area contributed by atoms with Gasteiger partial charge in [-0.2, -0.15) is 9.90 Å². The Labute approximate surface area is 168 Å². The third kappa shape index (κ3) is 4.95. The summed E-state index contributed by atoms with van der Waals surface area (Å²) in [6, 6.07) is 14.9. The van der Waals surface area contributed by atoms with Gasteiger partial charge in [0.25, 0.3) is 5.91 Å². The normalized spacial score (nSPS) is 11.2. The summed E-state index contributed by atoms with van der Waals surface area (Å²) in [5.74, 6) is 1.33. The number of rotatable bonds is 8. The van der Waals surface area contributed by atoms with E-state index in [0.29, 0.717) is 29.5 Å². The monoisotopic (exact) mass is 394 g/mol. The van der Waals surface area contributed by atoms with Crippen LogP contribution in [0.4, 0.5) is 0 Å². The number of carbonyl (C=O) groups is 1. The molecule has 3 rings (SSSR count). The van der Waals surface area contributed by atoms with Crippen LogP contribution in [0, 0.1) is 0 Å². The van der Waals surface area contributed by atoms with Crippen molar-refractivity contribution in [2.24, 2.45) is 5.10 Å². The van der Waals surface area contributed by atoms with Gasteiger partial charge >= 0.3 is 0 Å². The number of carbonyl (C=O) groups excluding carboxylic acids is 1. The van der Waals surface area contributed by atoms with Crippen LogP contribution in [-0.4, -0.2) is 46.0 Å². The average Bonchev–Trinajstić information content (AvgIpc) is 3.23. The molecule has 0 fully saturated rings. The lowest BCUT2D eigenvalue weighted by Crippen LogP contribution is -2.25. The second kappa shape index (κ2) is 9.45. The van der Waals surface area contributed by atoms with E-state index >= 15 is 0 Å². The first-order valence-electron chi connectivity index (χ1n) is 9.05. The summed E-state index contributed by atoms with van der Waals surface area (Å²) in [5.41, 5.74) is 4.91. The van der Waals surface area contributed by atoms with Gasteiger partial charge in [-0.25, -0.2) is 5.43 Å². The van der Waals surface area contributed by atoms with Gasteiger partial charge in [-0.15, -0.1) is 10.2 Å². The minimum Gasteiger partial charge on any atom is -0.493 e. The Kier molecular flexibility index (Phi) is 6.51. The van der Waals surface area contributed by atoms with Gasteiger partial charge in [0.1, 0.15) is 6.54 Å². The standard InChI is InChI=1S/C20H22N6O3/c1-4-16(15-10-11-17(28-2)18(12-15)29-3)21-22-19(27)13-26-24-20(23-25-26)14-8-6-5-7-9-14/h5-12H,4,13H2,1-3H3,(H,22,27)/b21-16+. The molecule has 0 unspecified atom stereocenters. The van der Waals surface area contributed by atoms with Crippen molar-refractivity contribution in [1.29, 1.82) is 0 Å². The number of hydrogen-bond acceptors (Lipinski definition) is 7. The van der Waals surface area contributed by atoms with Gasteiger partial charge in [0.2, 0.25) is 5.82 Å². The number of hydrogen-bond donors (Lipinski definition) is 1. The Hall–Kier alpha value is -3.75. The van der Waals surface area contributed by atoms with Crippen molar-refractivity contribution in [3.63, 3.8) is 0 Å². The maximum absolute atomic E-state index is 12.2. The molecule has 0 spiro atoms. The van der Waals surface area contributed by atoms with Crippen LogP contribution in [0.3, 0.4) is 0 Å². The molecule has 0 aliphatic rings. The molecule has 0 saturated heterocycles. The number of nitrogens with one attached hydrogen (secondary N) is 1. The molecule has 0 aliphatic heterocycles. The van der Waals surface area contributed by atoms with Crippen LogP contribution in [0.2, 0.25) is 0 Å². The average molecular weight is 394 g/mol. The molecule has 3 aromatic rings. The van der Waals surface area contributed by atoms with E-state index in [2.05, 4.69) is 25.9 Å². The van der Waals surface area contributed by atoms with E-state index in [-0.39, 0.29) is 12.5 Å². The van der Waals surface area contributed by atoms with Crippen molar-refractivity contribution < 1.29 is 14.3 Å². The molecule has 0 radical (unpaired) electrons. The third-order valence-corrected chi connectivity index (χ3v) is 4.14. The molecule has 9 nitrogen and oxygen atoms in total. The van der Waals surface area contributed by atoms with Gasteiger partial charge in [0.05, 0.1) is 19.9 Å². The van der Waals surface area contributed by atoms with Crippen molar-refractivity contribution in [3.05, 3.63) is 54.1 Å². The zero-order valence-electron chi connectivity index (χ0n) is 16.5. The maximum Gasteiger partial charge on any atom is 0.263 e. The summed E-state index contributed by atoms with van der Waals surface area (Å²) < 4.78 is 10.6. The predicted molar refractivity (Wildman–Crippen MR) is 108 cm³/mol. The fourth-order valence-electron chi connectivity index (χ4n) is 2.67. The van der Waals surface area contributed by atoms with Gasteiger partial charge in [-0.3, -0.25) is 4.79 Å². The Morgan fingerprint density at radius 1 is 1.10 bits per heavy atom. The first kappa shape index (κ1) is 20.0. The van der Waals surface area contributed by atoms with Crippen LogP contribution in [0.15, 0.2) is 53.6 Å². The quantitative estimate of drug-likeness (QED) is 0.464. The molecule has 2 aromatic carbocycles. The van der Waals surface area contributed by atoms with Crippen molar-refractivity contribution in [2.75, 3.05) is 14.2 Å². The van der Waals surface area contributed by atoms with E-state index < -0.39 is 0 Å². The van der Waals surface area contributed by atoms with E-state index in [4.69, 9.17) is 9.47 Å². The number of amides is 1. The number of tetrazole rings is 1. The number of hydrazone groups is 1. The van der Waals surface area contributed by atoms with Gasteiger partial charge < -0.3 is 9.47 Å². The highest BCUT2D eigenvalue weighted by Crippen LogP contribution is 2.28. The molecule has 0 atom stereocenters. The lowest BCUT2D eigenvalue weighted by atomic mass is 10.1. The van der Waals surface area contributed by atoms with Crippen LogP contribution in [0.25, 0.3) is 11.4 Å². The second-order valence-corrected chi connectivity index (χ2v) is 6.03. The molecular formula is C20H22N6O3. The van der Waals surface area contributed by atoms with Crippen LogP contribution < -0.4 is 14.9 Å². The summed E-state index contributed by atoms with van der Waals surface area (Å²) in [4.78, 5) is 13.5. The van der Waals surface area contributed by atoms with Crippen LogP contribution in [0.5, 0.6) is 11.5 Å². The maximum atomic E-state index is 12.2. The van der Waals surface area contributed by atoms with Crippen molar-refractivity contribution in [1.82, 2.24) is 25.6 Å². The zero-order chi connectivity index (χ0) is 20.6. The van der Waals surface area contributed by atoms with E-state index in [1.165, 1.54) is 4.80 Å². The van der Waals surface area contributed by atoms with Gasteiger partial charge in [0.15, 0.2) is 11.5 Å². The molecule has 150 valence electrons. The number of benzene rings is 2. The molecule has 1 aromatic heterocycles. The summed E-state index contributed by atoms with van der Waals surface area (Å²) >= 11 is 0. The SMILES string of the molecule is CC/C(=N\NC(=O)Cn1nnc(-c2ccccc2)n1)c1ccc(OC)c(OC)c1. The molecule has 1 amide bonds. The Morgan fingerprint density at radius 3 is 2.55 bits per heavy atom. The lowest BCUT2D eigenvalue weighted by molar-refractivity contribution is -0.122. The number of ether oxygens (including phenoxy) is 2. The number of aromatic nitrogens is 4. The predicted octanol–water partition coefficient (Wildman–Crippen LogP) is 2.29. The summed E-state index contributed by atoms with van der Waals surface area (Å²) in [6.45, 7) is 1.86. The third-order valence-electron chi connectivity index (χ3n) is 4.14. The highest BCUT2D eigenvalue weighted by atomic mass is 16.5. The molecular weight excluding hydrogens is 372 g/mol.